The van der Waals surface area contributed by atoms with E-state index in [-0.39, 0.29) is 17.6 Å². The monoisotopic (exact) mass is 319 g/mol. The van der Waals surface area contributed by atoms with Crippen LogP contribution in [0.2, 0.25) is 0 Å². The van der Waals surface area contributed by atoms with Gasteiger partial charge in [0, 0.05) is 45.0 Å². The lowest BCUT2D eigenvalue weighted by atomic mass is 9.86. The summed E-state index contributed by atoms with van der Waals surface area (Å²) in [4.78, 5) is 27.0. The number of nitro groups is 1. The first-order valence-electron chi connectivity index (χ1n) is 8.04. The van der Waals surface area contributed by atoms with Crippen molar-refractivity contribution in [1.82, 2.24) is 4.90 Å². The number of nitro benzene ring substituents is 1. The molecular formula is C17H25N3O3. The molecule has 2 rings (SSSR count). The SMILES string of the molecule is CC1CCC(N(C)C(=O)c2cc([N+](=O)[O-])ccc2N(C)C)CC1. The highest BCUT2D eigenvalue weighted by molar-refractivity contribution is 6.00. The van der Waals surface area contributed by atoms with Gasteiger partial charge in [0.2, 0.25) is 0 Å². The molecule has 0 bridgehead atoms. The Labute approximate surface area is 137 Å². The minimum atomic E-state index is -0.460. The fourth-order valence-corrected chi connectivity index (χ4v) is 3.18. The Morgan fingerprint density at radius 1 is 1.17 bits per heavy atom. The first-order chi connectivity index (χ1) is 10.8. The van der Waals surface area contributed by atoms with Crippen LogP contribution >= 0.6 is 0 Å². The fourth-order valence-electron chi connectivity index (χ4n) is 3.18. The lowest BCUT2D eigenvalue weighted by Crippen LogP contribution is -2.39. The molecule has 126 valence electrons. The molecule has 0 aliphatic heterocycles. The van der Waals surface area contributed by atoms with Crippen molar-refractivity contribution in [2.45, 2.75) is 38.6 Å². The van der Waals surface area contributed by atoms with Gasteiger partial charge in [0.1, 0.15) is 0 Å². The van der Waals surface area contributed by atoms with Crippen molar-refractivity contribution in [2.24, 2.45) is 5.92 Å². The van der Waals surface area contributed by atoms with E-state index in [1.165, 1.54) is 12.1 Å². The van der Waals surface area contributed by atoms with Gasteiger partial charge in [-0.05, 0) is 37.7 Å². The zero-order chi connectivity index (χ0) is 17.1. The van der Waals surface area contributed by atoms with Crippen molar-refractivity contribution >= 4 is 17.3 Å². The topological polar surface area (TPSA) is 66.7 Å². The first-order valence-corrected chi connectivity index (χ1v) is 8.04. The van der Waals surface area contributed by atoms with Crippen LogP contribution in [0, 0.1) is 16.0 Å². The number of non-ortho nitro benzene ring substituents is 1. The smallest absolute Gasteiger partial charge is 0.270 e. The number of anilines is 1. The summed E-state index contributed by atoms with van der Waals surface area (Å²) in [5.41, 5.74) is 1.05. The molecule has 1 aliphatic rings. The number of amides is 1. The molecule has 0 spiro atoms. The van der Waals surface area contributed by atoms with E-state index in [1.807, 2.05) is 19.0 Å². The summed E-state index contributed by atoms with van der Waals surface area (Å²) in [6.45, 7) is 2.24. The quantitative estimate of drug-likeness (QED) is 0.631. The second kappa shape index (κ2) is 6.98. The summed E-state index contributed by atoms with van der Waals surface area (Å²) < 4.78 is 0. The molecule has 1 aliphatic carbocycles. The van der Waals surface area contributed by atoms with Crippen molar-refractivity contribution < 1.29 is 9.72 Å². The standard InChI is InChI=1S/C17H25N3O3/c1-12-5-7-13(8-6-12)19(4)17(21)15-11-14(20(22)23)9-10-16(15)18(2)3/h9-13H,5-8H2,1-4H3. The van der Waals surface area contributed by atoms with Gasteiger partial charge in [-0.2, -0.15) is 0 Å². The van der Waals surface area contributed by atoms with E-state index in [0.717, 1.165) is 25.7 Å². The molecule has 6 heteroatoms. The molecule has 1 aromatic carbocycles. The summed E-state index contributed by atoms with van der Waals surface area (Å²) >= 11 is 0. The van der Waals surface area contributed by atoms with Crippen molar-refractivity contribution in [2.75, 3.05) is 26.0 Å². The number of carbonyl (C=O) groups excluding carboxylic acids is 1. The van der Waals surface area contributed by atoms with Crippen LogP contribution in [0.25, 0.3) is 0 Å². The second-order valence-corrected chi connectivity index (χ2v) is 6.68. The third-order valence-corrected chi connectivity index (χ3v) is 4.76. The van der Waals surface area contributed by atoms with Gasteiger partial charge in [0.05, 0.1) is 10.5 Å². The number of benzene rings is 1. The maximum atomic E-state index is 12.9. The Balaban J connectivity index is 2.29. The predicted octanol–water partition coefficient (Wildman–Crippen LogP) is 3.31. The first kappa shape index (κ1) is 17.2. The summed E-state index contributed by atoms with van der Waals surface area (Å²) in [6, 6.07) is 4.68. The van der Waals surface area contributed by atoms with Gasteiger partial charge >= 0.3 is 0 Å². The third kappa shape index (κ3) is 3.81. The Morgan fingerprint density at radius 3 is 2.30 bits per heavy atom. The minimum Gasteiger partial charge on any atom is -0.377 e. The Hall–Kier alpha value is -2.11. The van der Waals surface area contributed by atoms with Crippen LogP contribution in [0.15, 0.2) is 18.2 Å². The number of hydrogen-bond donors (Lipinski definition) is 0. The average Bonchev–Trinajstić information content (AvgIpc) is 2.53. The van der Waals surface area contributed by atoms with Crippen molar-refractivity contribution in [3.63, 3.8) is 0 Å². The zero-order valence-corrected chi connectivity index (χ0v) is 14.3. The van der Waals surface area contributed by atoms with Gasteiger partial charge in [-0.15, -0.1) is 0 Å². The molecule has 0 atom stereocenters. The van der Waals surface area contributed by atoms with E-state index < -0.39 is 4.92 Å². The molecule has 1 amide bonds. The van der Waals surface area contributed by atoms with E-state index in [9.17, 15) is 14.9 Å². The number of rotatable bonds is 4. The lowest BCUT2D eigenvalue weighted by molar-refractivity contribution is -0.384. The molecule has 1 saturated carbocycles. The molecule has 0 N–H and O–H groups in total. The summed E-state index contributed by atoms with van der Waals surface area (Å²) in [6.07, 6.45) is 4.24. The molecular weight excluding hydrogens is 294 g/mol. The Bertz CT molecular complexity index is 593. The molecule has 0 unspecified atom stereocenters. The van der Waals surface area contributed by atoms with Crippen LogP contribution in [0.4, 0.5) is 11.4 Å². The third-order valence-electron chi connectivity index (χ3n) is 4.76. The molecule has 1 fully saturated rings. The molecule has 0 radical (unpaired) electrons. The van der Waals surface area contributed by atoms with Gasteiger partial charge in [-0.25, -0.2) is 0 Å². The van der Waals surface area contributed by atoms with Gasteiger partial charge in [0.15, 0.2) is 0 Å². The Morgan fingerprint density at radius 2 is 1.78 bits per heavy atom. The maximum absolute atomic E-state index is 12.9. The van der Waals surface area contributed by atoms with Crippen molar-refractivity contribution in [3.05, 3.63) is 33.9 Å². The molecule has 6 nitrogen and oxygen atoms in total. The summed E-state index contributed by atoms with van der Waals surface area (Å²) in [5, 5.41) is 11.0. The lowest BCUT2D eigenvalue weighted by Gasteiger charge is -2.34. The highest BCUT2D eigenvalue weighted by Gasteiger charge is 2.28. The predicted molar refractivity (Wildman–Crippen MR) is 90.9 cm³/mol. The zero-order valence-electron chi connectivity index (χ0n) is 14.3. The number of carbonyl (C=O) groups is 1. The highest BCUT2D eigenvalue weighted by Crippen LogP contribution is 2.30. The van der Waals surface area contributed by atoms with Crippen LogP contribution in [-0.4, -0.2) is 42.9 Å². The second-order valence-electron chi connectivity index (χ2n) is 6.68. The van der Waals surface area contributed by atoms with Crippen LogP contribution in [-0.2, 0) is 0 Å². The minimum absolute atomic E-state index is 0.0513. The van der Waals surface area contributed by atoms with Gasteiger partial charge in [0.25, 0.3) is 11.6 Å². The van der Waals surface area contributed by atoms with Gasteiger partial charge < -0.3 is 9.80 Å². The van der Waals surface area contributed by atoms with E-state index in [0.29, 0.717) is 17.2 Å². The molecule has 0 heterocycles. The number of hydrogen-bond acceptors (Lipinski definition) is 4. The molecule has 0 saturated heterocycles. The average molecular weight is 319 g/mol. The largest absolute Gasteiger partial charge is 0.377 e. The van der Waals surface area contributed by atoms with E-state index in [1.54, 1.807) is 18.0 Å². The van der Waals surface area contributed by atoms with Crippen LogP contribution < -0.4 is 4.90 Å². The van der Waals surface area contributed by atoms with Gasteiger partial charge in [-0.3, -0.25) is 14.9 Å². The summed E-state index contributed by atoms with van der Waals surface area (Å²) in [5.74, 6) is 0.571. The molecule has 1 aromatic rings. The van der Waals surface area contributed by atoms with Crippen molar-refractivity contribution in [3.8, 4) is 0 Å². The summed E-state index contributed by atoms with van der Waals surface area (Å²) in [7, 11) is 5.47. The molecule has 23 heavy (non-hydrogen) atoms. The van der Waals surface area contributed by atoms with E-state index >= 15 is 0 Å². The van der Waals surface area contributed by atoms with Crippen molar-refractivity contribution in [1.29, 1.82) is 0 Å². The normalized spacial score (nSPS) is 20.9. The number of nitrogens with zero attached hydrogens (tertiary/aromatic N) is 3. The van der Waals surface area contributed by atoms with Crippen LogP contribution in [0.3, 0.4) is 0 Å². The highest BCUT2D eigenvalue weighted by atomic mass is 16.6. The fraction of sp³-hybridized carbons (Fsp3) is 0.588. The van der Waals surface area contributed by atoms with Crippen LogP contribution in [0.1, 0.15) is 43.0 Å². The maximum Gasteiger partial charge on any atom is 0.270 e. The van der Waals surface area contributed by atoms with Gasteiger partial charge in [-0.1, -0.05) is 6.92 Å². The van der Waals surface area contributed by atoms with Crippen LogP contribution in [0.5, 0.6) is 0 Å². The van der Waals surface area contributed by atoms with E-state index in [2.05, 4.69) is 6.92 Å². The molecule has 0 aromatic heterocycles. The van der Waals surface area contributed by atoms with E-state index in [4.69, 9.17) is 0 Å². The Kier molecular flexibility index (Phi) is 5.23.